The minimum Gasteiger partial charge on any atom is -0.449 e. The molecule has 0 fully saturated rings. The van der Waals surface area contributed by atoms with E-state index in [1.807, 2.05) is 19.1 Å². The van der Waals surface area contributed by atoms with Gasteiger partial charge < -0.3 is 10.5 Å². The minimum absolute atomic E-state index is 0.0997. The maximum absolute atomic E-state index is 11.1. The molecule has 0 saturated heterocycles. The van der Waals surface area contributed by atoms with Crippen molar-refractivity contribution in [1.29, 1.82) is 0 Å². The van der Waals surface area contributed by atoms with Crippen LogP contribution in [0.15, 0.2) is 45.3 Å². The SMILES string of the molecule is C[C@H](N)c1ccc(Oc2ccc(Br)cc2[N+](=O)[O-])c(Br)c1. The van der Waals surface area contributed by atoms with E-state index in [0.717, 1.165) is 5.56 Å². The molecule has 0 aliphatic heterocycles. The summed E-state index contributed by atoms with van der Waals surface area (Å²) in [5.41, 5.74) is 6.65. The fourth-order valence-electron chi connectivity index (χ4n) is 1.72. The highest BCUT2D eigenvalue weighted by molar-refractivity contribution is 9.10. The first kappa shape index (κ1) is 15.9. The first-order valence-corrected chi connectivity index (χ1v) is 7.64. The van der Waals surface area contributed by atoms with Crippen molar-refractivity contribution in [2.75, 3.05) is 0 Å². The van der Waals surface area contributed by atoms with Gasteiger partial charge in [0.2, 0.25) is 5.75 Å². The number of rotatable bonds is 4. The lowest BCUT2D eigenvalue weighted by Gasteiger charge is -2.11. The van der Waals surface area contributed by atoms with Crippen LogP contribution in [0.4, 0.5) is 5.69 Å². The number of nitro groups is 1. The summed E-state index contributed by atoms with van der Waals surface area (Å²) in [4.78, 5) is 10.6. The largest absolute Gasteiger partial charge is 0.449 e. The second-order valence-corrected chi connectivity index (χ2v) is 6.22. The fraction of sp³-hybridized carbons (Fsp3) is 0.143. The third kappa shape index (κ3) is 3.81. The molecule has 2 aromatic rings. The van der Waals surface area contributed by atoms with E-state index in [-0.39, 0.29) is 17.5 Å². The number of nitrogens with zero attached hydrogens (tertiary/aromatic N) is 1. The van der Waals surface area contributed by atoms with E-state index in [1.165, 1.54) is 6.07 Å². The lowest BCUT2D eigenvalue weighted by Crippen LogP contribution is -2.04. The topological polar surface area (TPSA) is 78.4 Å². The average Bonchev–Trinajstić information content (AvgIpc) is 2.42. The van der Waals surface area contributed by atoms with Crippen molar-refractivity contribution in [1.82, 2.24) is 0 Å². The summed E-state index contributed by atoms with van der Waals surface area (Å²) in [6.45, 7) is 1.88. The smallest absolute Gasteiger partial charge is 0.312 e. The first-order valence-electron chi connectivity index (χ1n) is 6.05. The Bertz CT molecular complexity index is 690. The lowest BCUT2D eigenvalue weighted by atomic mass is 10.1. The highest BCUT2D eigenvalue weighted by Gasteiger charge is 2.17. The van der Waals surface area contributed by atoms with Gasteiger partial charge in [-0.15, -0.1) is 0 Å². The molecule has 0 aromatic heterocycles. The molecule has 21 heavy (non-hydrogen) atoms. The zero-order valence-electron chi connectivity index (χ0n) is 11.0. The quantitative estimate of drug-likeness (QED) is 0.567. The van der Waals surface area contributed by atoms with E-state index in [0.29, 0.717) is 14.7 Å². The summed E-state index contributed by atoms with van der Waals surface area (Å²) < 4.78 is 6.95. The van der Waals surface area contributed by atoms with Crippen molar-refractivity contribution in [3.8, 4) is 11.5 Å². The molecule has 5 nitrogen and oxygen atoms in total. The predicted octanol–water partition coefficient (Wildman–Crippen LogP) is 4.93. The van der Waals surface area contributed by atoms with Crippen LogP contribution in [0.25, 0.3) is 0 Å². The van der Waals surface area contributed by atoms with Gasteiger partial charge in [0.1, 0.15) is 5.75 Å². The molecule has 2 aromatic carbocycles. The van der Waals surface area contributed by atoms with E-state index in [4.69, 9.17) is 10.5 Å². The lowest BCUT2D eigenvalue weighted by molar-refractivity contribution is -0.385. The van der Waals surface area contributed by atoms with Crippen molar-refractivity contribution in [3.63, 3.8) is 0 Å². The van der Waals surface area contributed by atoms with Gasteiger partial charge in [-0.05, 0) is 52.7 Å². The summed E-state index contributed by atoms with van der Waals surface area (Å²) >= 11 is 6.60. The number of nitro benzene ring substituents is 1. The Morgan fingerprint density at radius 2 is 1.86 bits per heavy atom. The zero-order chi connectivity index (χ0) is 15.6. The first-order chi connectivity index (χ1) is 9.88. The number of hydrogen-bond donors (Lipinski definition) is 1. The van der Waals surface area contributed by atoms with Crippen molar-refractivity contribution in [3.05, 3.63) is 61.0 Å². The highest BCUT2D eigenvalue weighted by Crippen LogP contribution is 2.37. The predicted molar refractivity (Wildman–Crippen MR) is 87.6 cm³/mol. The third-order valence-corrected chi connectivity index (χ3v) is 3.93. The van der Waals surface area contributed by atoms with Crippen LogP contribution in [0.5, 0.6) is 11.5 Å². The van der Waals surface area contributed by atoms with Gasteiger partial charge in [-0.1, -0.05) is 22.0 Å². The van der Waals surface area contributed by atoms with Crippen molar-refractivity contribution in [2.24, 2.45) is 5.73 Å². The molecule has 1 atom stereocenters. The van der Waals surface area contributed by atoms with E-state index >= 15 is 0 Å². The molecule has 0 aliphatic rings. The number of benzene rings is 2. The van der Waals surface area contributed by atoms with Gasteiger partial charge in [0.05, 0.1) is 9.40 Å². The summed E-state index contributed by atoms with van der Waals surface area (Å²) in [5, 5.41) is 11.1. The van der Waals surface area contributed by atoms with E-state index in [9.17, 15) is 10.1 Å². The summed E-state index contributed by atoms with van der Waals surface area (Å²) in [5.74, 6) is 0.669. The molecule has 0 spiro atoms. The van der Waals surface area contributed by atoms with Gasteiger partial charge >= 0.3 is 5.69 Å². The Balaban J connectivity index is 2.37. The Kier molecular flexibility index (Phi) is 4.97. The van der Waals surface area contributed by atoms with Gasteiger partial charge in [0.15, 0.2) is 0 Å². The van der Waals surface area contributed by atoms with Crippen LogP contribution in [0, 0.1) is 10.1 Å². The molecule has 0 amide bonds. The second kappa shape index (κ2) is 6.55. The second-order valence-electron chi connectivity index (χ2n) is 4.45. The van der Waals surface area contributed by atoms with Crippen LogP contribution in [-0.4, -0.2) is 4.92 Å². The molecule has 0 heterocycles. The standard InChI is InChI=1S/C14H12Br2N2O3/c1-8(17)9-2-4-13(11(16)6-9)21-14-5-3-10(15)7-12(14)18(19)20/h2-8H,17H2,1H3/t8-/m0/s1. The molecular weight excluding hydrogens is 404 g/mol. The average molecular weight is 416 g/mol. The highest BCUT2D eigenvalue weighted by atomic mass is 79.9. The number of halogens is 2. The van der Waals surface area contributed by atoms with Crippen LogP contribution in [0.1, 0.15) is 18.5 Å². The van der Waals surface area contributed by atoms with Crippen LogP contribution >= 0.6 is 31.9 Å². The molecule has 2 N–H and O–H groups in total. The molecule has 0 saturated carbocycles. The van der Waals surface area contributed by atoms with Gasteiger partial charge in [-0.3, -0.25) is 10.1 Å². The normalized spacial score (nSPS) is 12.0. The Morgan fingerprint density at radius 1 is 1.19 bits per heavy atom. The van der Waals surface area contributed by atoms with E-state index in [2.05, 4.69) is 31.9 Å². The van der Waals surface area contributed by atoms with E-state index < -0.39 is 4.92 Å². The monoisotopic (exact) mass is 414 g/mol. The maximum atomic E-state index is 11.1. The molecule has 7 heteroatoms. The summed E-state index contributed by atoms with van der Waals surface area (Å²) in [6, 6.07) is 9.94. The number of nitrogens with two attached hydrogens (primary N) is 1. The van der Waals surface area contributed by atoms with Crippen LogP contribution in [-0.2, 0) is 0 Å². The van der Waals surface area contributed by atoms with Crippen LogP contribution < -0.4 is 10.5 Å². The Morgan fingerprint density at radius 3 is 2.43 bits per heavy atom. The van der Waals surface area contributed by atoms with Crippen molar-refractivity contribution < 1.29 is 9.66 Å². The minimum atomic E-state index is -0.482. The molecule has 0 radical (unpaired) electrons. The van der Waals surface area contributed by atoms with Gasteiger partial charge in [0, 0.05) is 16.6 Å². The van der Waals surface area contributed by atoms with Crippen molar-refractivity contribution >= 4 is 37.5 Å². The number of ether oxygens (including phenoxy) is 1. The van der Waals surface area contributed by atoms with Gasteiger partial charge in [-0.25, -0.2) is 0 Å². The Hall–Kier alpha value is -1.44. The summed E-state index contributed by atoms with van der Waals surface area (Å²) in [6.07, 6.45) is 0. The zero-order valence-corrected chi connectivity index (χ0v) is 14.2. The molecule has 0 aliphatic carbocycles. The van der Waals surface area contributed by atoms with Gasteiger partial charge in [-0.2, -0.15) is 0 Å². The van der Waals surface area contributed by atoms with Crippen molar-refractivity contribution in [2.45, 2.75) is 13.0 Å². The molecule has 110 valence electrons. The molecule has 0 unspecified atom stereocenters. The van der Waals surface area contributed by atoms with E-state index in [1.54, 1.807) is 18.2 Å². The third-order valence-electron chi connectivity index (χ3n) is 2.82. The number of hydrogen-bond acceptors (Lipinski definition) is 4. The molecule has 2 rings (SSSR count). The van der Waals surface area contributed by atoms with Crippen LogP contribution in [0.2, 0.25) is 0 Å². The molecular formula is C14H12Br2N2O3. The van der Waals surface area contributed by atoms with Crippen LogP contribution in [0.3, 0.4) is 0 Å². The summed E-state index contributed by atoms with van der Waals surface area (Å²) in [7, 11) is 0. The fourth-order valence-corrected chi connectivity index (χ4v) is 2.55. The Labute approximate surface area is 138 Å². The molecule has 0 bridgehead atoms. The van der Waals surface area contributed by atoms with Gasteiger partial charge in [0.25, 0.3) is 0 Å². The maximum Gasteiger partial charge on any atom is 0.312 e.